The summed E-state index contributed by atoms with van der Waals surface area (Å²) in [6, 6.07) is 5.99. The van der Waals surface area contributed by atoms with Crippen molar-refractivity contribution in [2.24, 2.45) is 5.73 Å². The molecule has 0 fully saturated rings. The fourth-order valence-electron chi connectivity index (χ4n) is 1.88. The molecule has 0 aliphatic rings. The zero-order chi connectivity index (χ0) is 14.0. The average Bonchev–Trinajstić information content (AvgIpc) is 2.83. The first kappa shape index (κ1) is 14.5. The van der Waals surface area contributed by atoms with Crippen molar-refractivity contribution in [1.82, 2.24) is 4.98 Å². The van der Waals surface area contributed by atoms with E-state index in [-0.39, 0.29) is 0 Å². The lowest BCUT2D eigenvalue weighted by molar-refractivity contribution is 0.412. The van der Waals surface area contributed by atoms with Crippen LogP contribution in [-0.2, 0) is 6.54 Å². The molecule has 1 aromatic carbocycles. The maximum absolute atomic E-state index is 5.80. The summed E-state index contributed by atoms with van der Waals surface area (Å²) in [5.41, 5.74) is 7.99. The molecular formula is C14H17BrN2OS. The second-order valence-electron chi connectivity index (χ2n) is 4.54. The number of rotatable bonds is 4. The Morgan fingerprint density at radius 3 is 2.63 bits per heavy atom. The van der Waals surface area contributed by atoms with Gasteiger partial charge >= 0.3 is 0 Å². The van der Waals surface area contributed by atoms with Gasteiger partial charge in [0, 0.05) is 17.0 Å². The Labute approximate surface area is 125 Å². The molecule has 0 unspecified atom stereocenters. The first-order valence-electron chi connectivity index (χ1n) is 6.10. The number of hydrogen-bond acceptors (Lipinski definition) is 4. The van der Waals surface area contributed by atoms with Crippen molar-refractivity contribution in [1.29, 1.82) is 0 Å². The smallest absolute Gasteiger partial charge is 0.133 e. The van der Waals surface area contributed by atoms with Gasteiger partial charge in [0.05, 0.1) is 17.3 Å². The van der Waals surface area contributed by atoms with Crippen LogP contribution in [0.5, 0.6) is 5.75 Å². The van der Waals surface area contributed by atoms with Crippen LogP contribution >= 0.6 is 27.3 Å². The molecule has 0 spiro atoms. The lowest BCUT2D eigenvalue weighted by atomic mass is 10.1. The first-order valence-corrected chi connectivity index (χ1v) is 7.71. The molecule has 0 atom stereocenters. The quantitative estimate of drug-likeness (QED) is 0.908. The Morgan fingerprint density at radius 2 is 2.16 bits per heavy atom. The van der Waals surface area contributed by atoms with Gasteiger partial charge in [-0.15, -0.1) is 11.3 Å². The molecule has 0 amide bonds. The first-order chi connectivity index (χ1) is 9.06. The van der Waals surface area contributed by atoms with Crippen molar-refractivity contribution in [3.8, 4) is 16.3 Å². The van der Waals surface area contributed by atoms with Crippen LogP contribution < -0.4 is 10.5 Å². The third-order valence-corrected chi connectivity index (χ3v) is 4.62. The monoisotopic (exact) mass is 340 g/mol. The highest BCUT2D eigenvalue weighted by Crippen LogP contribution is 2.35. The fourth-order valence-corrected chi connectivity index (χ4v) is 3.52. The van der Waals surface area contributed by atoms with Gasteiger partial charge in [-0.1, -0.05) is 13.8 Å². The zero-order valence-electron chi connectivity index (χ0n) is 11.2. The van der Waals surface area contributed by atoms with E-state index in [2.05, 4.69) is 29.8 Å². The molecule has 0 aliphatic heterocycles. The van der Waals surface area contributed by atoms with E-state index in [9.17, 15) is 0 Å². The molecule has 0 bridgehead atoms. The molecule has 3 nitrogen and oxygen atoms in total. The highest BCUT2D eigenvalue weighted by molar-refractivity contribution is 9.10. The molecule has 0 saturated carbocycles. The van der Waals surface area contributed by atoms with Gasteiger partial charge in [0.2, 0.25) is 0 Å². The van der Waals surface area contributed by atoms with Crippen molar-refractivity contribution in [2.75, 3.05) is 7.11 Å². The molecule has 19 heavy (non-hydrogen) atoms. The molecule has 2 N–H and O–H groups in total. The molecule has 2 rings (SSSR count). The summed E-state index contributed by atoms with van der Waals surface area (Å²) in [5.74, 6) is 1.22. The summed E-state index contributed by atoms with van der Waals surface area (Å²) in [6.45, 7) is 4.83. The number of nitrogens with two attached hydrogens (primary N) is 1. The van der Waals surface area contributed by atoms with Crippen LogP contribution in [0, 0.1) is 0 Å². The Hall–Kier alpha value is -0.910. The molecular weight excluding hydrogens is 324 g/mol. The lowest BCUT2D eigenvalue weighted by Gasteiger charge is -2.04. The van der Waals surface area contributed by atoms with Gasteiger partial charge < -0.3 is 10.5 Å². The third-order valence-electron chi connectivity index (χ3n) is 2.86. The number of benzene rings is 1. The Kier molecular flexibility index (Phi) is 4.60. The zero-order valence-corrected chi connectivity index (χ0v) is 13.6. The second kappa shape index (κ2) is 6.03. The van der Waals surface area contributed by atoms with Crippen molar-refractivity contribution in [3.05, 3.63) is 33.2 Å². The van der Waals surface area contributed by atoms with E-state index < -0.39 is 0 Å². The molecule has 1 aromatic heterocycles. The van der Waals surface area contributed by atoms with E-state index in [1.165, 1.54) is 0 Å². The van der Waals surface area contributed by atoms with Crippen LogP contribution in [0.15, 0.2) is 22.7 Å². The van der Waals surface area contributed by atoms with Gasteiger partial charge in [0.25, 0.3) is 0 Å². The summed E-state index contributed by atoms with van der Waals surface area (Å²) in [6.07, 6.45) is 0. The summed E-state index contributed by atoms with van der Waals surface area (Å²) in [7, 11) is 1.66. The van der Waals surface area contributed by atoms with Crippen molar-refractivity contribution in [2.45, 2.75) is 26.3 Å². The van der Waals surface area contributed by atoms with Gasteiger partial charge in [-0.25, -0.2) is 4.98 Å². The molecule has 1 heterocycles. The summed E-state index contributed by atoms with van der Waals surface area (Å²) >= 11 is 5.17. The van der Waals surface area contributed by atoms with Crippen molar-refractivity contribution >= 4 is 27.3 Å². The van der Waals surface area contributed by atoms with Gasteiger partial charge in [-0.3, -0.25) is 0 Å². The lowest BCUT2D eigenvalue weighted by Crippen LogP contribution is -1.99. The molecule has 0 radical (unpaired) electrons. The average molecular weight is 341 g/mol. The normalized spacial score (nSPS) is 11.1. The van der Waals surface area contributed by atoms with Crippen LogP contribution in [0.1, 0.15) is 30.3 Å². The number of halogens is 1. The van der Waals surface area contributed by atoms with E-state index in [0.717, 1.165) is 31.4 Å². The molecule has 0 aliphatic carbocycles. The molecule has 0 saturated heterocycles. The van der Waals surface area contributed by atoms with Crippen LogP contribution in [0.2, 0.25) is 0 Å². The predicted molar refractivity (Wildman–Crippen MR) is 83.8 cm³/mol. The number of methoxy groups -OCH3 is 1. The number of nitrogens with zero attached hydrogens (tertiary/aromatic N) is 1. The summed E-state index contributed by atoms with van der Waals surface area (Å²) in [5, 5.41) is 1.01. The predicted octanol–water partition coefficient (Wildman–Crippen LogP) is 4.16. The largest absolute Gasteiger partial charge is 0.496 e. The Bertz CT molecular complexity index is 581. The number of hydrogen-bond donors (Lipinski definition) is 1. The van der Waals surface area contributed by atoms with Crippen molar-refractivity contribution in [3.63, 3.8) is 0 Å². The van der Waals surface area contributed by atoms with Crippen LogP contribution in [0.4, 0.5) is 0 Å². The van der Waals surface area contributed by atoms with E-state index in [1.54, 1.807) is 18.4 Å². The van der Waals surface area contributed by atoms with Crippen LogP contribution in [0.25, 0.3) is 10.6 Å². The number of thiazole rings is 1. The molecule has 5 heteroatoms. The third kappa shape index (κ3) is 2.99. The minimum atomic E-state index is 0.394. The maximum Gasteiger partial charge on any atom is 0.133 e. The molecule has 2 aromatic rings. The van der Waals surface area contributed by atoms with E-state index in [4.69, 9.17) is 15.5 Å². The highest BCUT2D eigenvalue weighted by Gasteiger charge is 2.15. The van der Waals surface area contributed by atoms with E-state index in [0.29, 0.717) is 12.5 Å². The Balaban J connectivity index is 2.44. The Morgan fingerprint density at radius 1 is 1.42 bits per heavy atom. The summed E-state index contributed by atoms with van der Waals surface area (Å²) in [4.78, 5) is 5.89. The van der Waals surface area contributed by atoms with Crippen LogP contribution in [0.3, 0.4) is 0 Å². The topological polar surface area (TPSA) is 48.1 Å². The number of aromatic nitrogens is 1. The van der Waals surface area contributed by atoms with Gasteiger partial charge in [0.15, 0.2) is 0 Å². The SMILES string of the molecule is COc1ccc(-c2nc(C(C)C)c(CN)s2)cc1Br. The standard InChI is InChI=1S/C14H17BrN2OS/c1-8(2)13-12(7-16)19-14(17-13)9-4-5-11(18-3)10(15)6-9/h4-6,8H,7,16H2,1-3H3. The second-order valence-corrected chi connectivity index (χ2v) is 6.47. The van der Waals surface area contributed by atoms with Gasteiger partial charge in [0.1, 0.15) is 10.8 Å². The van der Waals surface area contributed by atoms with Crippen molar-refractivity contribution < 1.29 is 4.74 Å². The van der Waals surface area contributed by atoms with E-state index >= 15 is 0 Å². The molecule has 102 valence electrons. The fraction of sp³-hybridized carbons (Fsp3) is 0.357. The number of ether oxygens (including phenoxy) is 1. The minimum absolute atomic E-state index is 0.394. The van der Waals surface area contributed by atoms with Gasteiger partial charge in [-0.05, 0) is 40.0 Å². The van der Waals surface area contributed by atoms with E-state index in [1.807, 2.05) is 18.2 Å². The maximum atomic E-state index is 5.80. The highest BCUT2D eigenvalue weighted by atomic mass is 79.9. The minimum Gasteiger partial charge on any atom is -0.496 e. The van der Waals surface area contributed by atoms with Gasteiger partial charge in [-0.2, -0.15) is 0 Å². The van der Waals surface area contributed by atoms with Crippen LogP contribution in [-0.4, -0.2) is 12.1 Å². The summed E-state index contributed by atoms with van der Waals surface area (Å²) < 4.78 is 6.17.